The van der Waals surface area contributed by atoms with E-state index in [0.717, 1.165) is 24.4 Å². The number of aromatic nitrogens is 1. The number of hydrogen-bond acceptors (Lipinski definition) is 3. The van der Waals surface area contributed by atoms with E-state index >= 15 is 0 Å². The van der Waals surface area contributed by atoms with Crippen LogP contribution in [0.4, 0.5) is 0 Å². The zero-order valence-corrected chi connectivity index (χ0v) is 12.5. The molecular weight excluding hydrogens is 260 g/mol. The van der Waals surface area contributed by atoms with Gasteiger partial charge in [0.2, 0.25) is 0 Å². The second-order valence-electron chi connectivity index (χ2n) is 5.68. The number of benzene rings is 1. The Hall–Kier alpha value is -1.87. The van der Waals surface area contributed by atoms with Crippen molar-refractivity contribution in [3.05, 3.63) is 48.8 Å². The maximum absolute atomic E-state index is 6.10. The van der Waals surface area contributed by atoms with E-state index in [4.69, 9.17) is 4.74 Å². The van der Waals surface area contributed by atoms with Gasteiger partial charge in [0, 0.05) is 12.4 Å². The molecule has 21 heavy (non-hydrogen) atoms. The first-order chi connectivity index (χ1) is 10.3. The van der Waals surface area contributed by atoms with Crippen LogP contribution in [0.3, 0.4) is 0 Å². The summed E-state index contributed by atoms with van der Waals surface area (Å²) in [5, 5.41) is 3.40. The van der Waals surface area contributed by atoms with Crippen molar-refractivity contribution < 1.29 is 4.74 Å². The Morgan fingerprint density at radius 2 is 1.86 bits per heavy atom. The van der Waals surface area contributed by atoms with E-state index in [9.17, 15) is 0 Å². The molecule has 0 aliphatic carbocycles. The fourth-order valence-electron chi connectivity index (χ4n) is 2.88. The molecule has 3 heteroatoms. The molecular formula is C18H22N2O. The first-order valence-electron chi connectivity index (χ1n) is 7.71. The predicted molar refractivity (Wildman–Crippen MR) is 85.4 cm³/mol. The minimum absolute atomic E-state index is 0.274. The number of nitrogens with zero attached hydrogens (tertiary/aromatic N) is 1. The molecule has 1 unspecified atom stereocenters. The smallest absolute Gasteiger partial charge is 0.119 e. The van der Waals surface area contributed by atoms with Gasteiger partial charge in [-0.3, -0.25) is 4.98 Å². The van der Waals surface area contributed by atoms with Crippen molar-refractivity contribution in [3.63, 3.8) is 0 Å². The summed E-state index contributed by atoms with van der Waals surface area (Å²) in [6.45, 7) is 4.40. The molecule has 0 spiro atoms. The van der Waals surface area contributed by atoms with Crippen LogP contribution < -0.4 is 10.1 Å². The van der Waals surface area contributed by atoms with Crippen LogP contribution in [-0.2, 0) is 0 Å². The van der Waals surface area contributed by atoms with Gasteiger partial charge < -0.3 is 10.1 Å². The lowest BCUT2D eigenvalue weighted by Crippen LogP contribution is -2.35. The van der Waals surface area contributed by atoms with Crippen molar-refractivity contribution in [1.29, 1.82) is 0 Å². The van der Waals surface area contributed by atoms with Crippen LogP contribution >= 0.6 is 0 Å². The summed E-state index contributed by atoms with van der Waals surface area (Å²) in [4.78, 5) is 4.16. The van der Waals surface area contributed by atoms with Crippen LogP contribution in [0.2, 0.25) is 0 Å². The van der Waals surface area contributed by atoms with E-state index in [1.807, 2.05) is 12.3 Å². The number of ether oxygens (including phenoxy) is 1. The Balaban J connectivity index is 1.64. The van der Waals surface area contributed by atoms with Crippen LogP contribution in [0.15, 0.2) is 48.8 Å². The number of nitrogens with one attached hydrogen (secondary N) is 1. The maximum atomic E-state index is 6.10. The SMILES string of the molecule is CC(Oc1ccc(-c2cccnc2)cc1)C1CCNCC1. The Bertz CT molecular complexity index is 547. The van der Waals surface area contributed by atoms with E-state index in [0.29, 0.717) is 5.92 Å². The summed E-state index contributed by atoms with van der Waals surface area (Å²) >= 11 is 0. The van der Waals surface area contributed by atoms with Crippen LogP contribution in [0.5, 0.6) is 5.75 Å². The largest absolute Gasteiger partial charge is 0.490 e. The quantitative estimate of drug-likeness (QED) is 0.931. The maximum Gasteiger partial charge on any atom is 0.119 e. The Labute approximate surface area is 126 Å². The van der Waals surface area contributed by atoms with Crippen molar-refractivity contribution in [3.8, 4) is 16.9 Å². The van der Waals surface area contributed by atoms with Crippen LogP contribution in [-0.4, -0.2) is 24.2 Å². The van der Waals surface area contributed by atoms with Gasteiger partial charge in [-0.1, -0.05) is 18.2 Å². The van der Waals surface area contributed by atoms with Gasteiger partial charge in [-0.25, -0.2) is 0 Å². The van der Waals surface area contributed by atoms with Crippen molar-refractivity contribution in [2.75, 3.05) is 13.1 Å². The third-order valence-electron chi connectivity index (χ3n) is 4.22. The van der Waals surface area contributed by atoms with Crippen molar-refractivity contribution >= 4 is 0 Å². The molecule has 0 amide bonds. The normalized spacial score (nSPS) is 17.4. The summed E-state index contributed by atoms with van der Waals surface area (Å²) in [6, 6.07) is 12.3. The average molecular weight is 282 g/mol. The first kappa shape index (κ1) is 14.1. The molecule has 1 atom stereocenters. The van der Waals surface area contributed by atoms with Crippen molar-refractivity contribution in [1.82, 2.24) is 10.3 Å². The van der Waals surface area contributed by atoms with Gasteiger partial charge in [0.05, 0.1) is 6.10 Å². The topological polar surface area (TPSA) is 34.1 Å². The molecule has 2 heterocycles. The highest BCUT2D eigenvalue weighted by Crippen LogP contribution is 2.25. The van der Waals surface area contributed by atoms with E-state index in [1.165, 1.54) is 18.4 Å². The molecule has 0 saturated carbocycles. The molecule has 0 radical (unpaired) electrons. The molecule has 110 valence electrons. The molecule has 0 bridgehead atoms. The van der Waals surface area contributed by atoms with Gasteiger partial charge in [0.25, 0.3) is 0 Å². The zero-order chi connectivity index (χ0) is 14.5. The van der Waals surface area contributed by atoms with Gasteiger partial charge in [0.15, 0.2) is 0 Å². The Morgan fingerprint density at radius 1 is 1.10 bits per heavy atom. The number of hydrogen-bond donors (Lipinski definition) is 1. The molecule has 3 rings (SSSR count). The molecule has 1 fully saturated rings. The van der Waals surface area contributed by atoms with Gasteiger partial charge in [-0.2, -0.15) is 0 Å². The highest BCUT2D eigenvalue weighted by Gasteiger charge is 2.21. The number of pyridine rings is 1. The van der Waals surface area contributed by atoms with Crippen molar-refractivity contribution in [2.45, 2.75) is 25.9 Å². The van der Waals surface area contributed by atoms with E-state index < -0.39 is 0 Å². The Morgan fingerprint density at radius 3 is 2.52 bits per heavy atom. The lowest BCUT2D eigenvalue weighted by molar-refractivity contribution is 0.128. The summed E-state index contributed by atoms with van der Waals surface area (Å²) in [5.41, 5.74) is 2.31. The summed E-state index contributed by atoms with van der Waals surface area (Å²) in [5.74, 6) is 1.61. The van der Waals surface area contributed by atoms with Crippen LogP contribution in [0.25, 0.3) is 11.1 Å². The second kappa shape index (κ2) is 6.72. The molecule has 1 aromatic carbocycles. The minimum atomic E-state index is 0.274. The lowest BCUT2D eigenvalue weighted by atomic mass is 9.93. The fraction of sp³-hybridized carbons (Fsp3) is 0.389. The van der Waals surface area contributed by atoms with Crippen molar-refractivity contribution in [2.24, 2.45) is 5.92 Å². The molecule has 1 saturated heterocycles. The second-order valence-corrected chi connectivity index (χ2v) is 5.68. The van der Waals surface area contributed by atoms with E-state index in [1.54, 1.807) is 6.20 Å². The average Bonchev–Trinajstić information content (AvgIpc) is 2.57. The minimum Gasteiger partial charge on any atom is -0.490 e. The zero-order valence-electron chi connectivity index (χ0n) is 12.5. The molecule has 2 aromatic rings. The van der Waals surface area contributed by atoms with E-state index in [2.05, 4.69) is 47.6 Å². The third-order valence-corrected chi connectivity index (χ3v) is 4.22. The summed E-state index contributed by atoms with van der Waals surface area (Å²) in [6.07, 6.45) is 6.36. The standard InChI is InChI=1S/C18H22N2O/c1-14(15-8-11-19-12-9-15)21-18-6-4-16(5-7-18)17-3-2-10-20-13-17/h2-7,10,13-15,19H,8-9,11-12H2,1H3. The van der Waals surface area contributed by atoms with Crippen LogP contribution in [0, 0.1) is 5.92 Å². The van der Waals surface area contributed by atoms with Gasteiger partial charge in [0.1, 0.15) is 5.75 Å². The molecule has 1 aromatic heterocycles. The van der Waals surface area contributed by atoms with Gasteiger partial charge >= 0.3 is 0 Å². The van der Waals surface area contributed by atoms with E-state index in [-0.39, 0.29) is 6.10 Å². The summed E-state index contributed by atoms with van der Waals surface area (Å²) < 4.78 is 6.10. The van der Waals surface area contributed by atoms with Crippen LogP contribution in [0.1, 0.15) is 19.8 Å². The molecule has 3 nitrogen and oxygen atoms in total. The highest BCUT2D eigenvalue weighted by atomic mass is 16.5. The van der Waals surface area contributed by atoms with Gasteiger partial charge in [-0.05, 0) is 68.1 Å². The number of rotatable bonds is 4. The predicted octanol–water partition coefficient (Wildman–Crippen LogP) is 3.52. The molecule has 1 N–H and O–H groups in total. The third kappa shape index (κ3) is 3.61. The fourth-order valence-corrected chi connectivity index (χ4v) is 2.88. The first-order valence-corrected chi connectivity index (χ1v) is 7.71. The lowest BCUT2D eigenvalue weighted by Gasteiger charge is -2.28. The highest BCUT2D eigenvalue weighted by molar-refractivity contribution is 5.62. The number of piperidine rings is 1. The Kier molecular flexibility index (Phi) is 4.51. The molecule has 1 aliphatic heterocycles. The summed E-state index contributed by atoms with van der Waals surface area (Å²) in [7, 11) is 0. The molecule has 1 aliphatic rings. The monoisotopic (exact) mass is 282 g/mol. The van der Waals surface area contributed by atoms with Gasteiger partial charge in [-0.15, -0.1) is 0 Å².